The fourth-order valence-corrected chi connectivity index (χ4v) is 2.70. The molecule has 1 heterocycles. The van der Waals surface area contributed by atoms with Crippen LogP contribution in [0.3, 0.4) is 0 Å². The number of nitrogens with one attached hydrogen (secondary N) is 2. The zero-order chi connectivity index (χ0) is 14.5. The summed E-state index contributed by atoms with van der Waals surface area (Å²) in [5, 5.41) is 9.04. The second-order valence-corrected chi connectivity index (χ2v) is 5.68. The number of rotatable bonds is 5. The Hall–Kier alpha value is -1.14. The van der Waals surface area contributed by atoms with E-state index in [4.69, 9.17) is 11.6 Å². The van der Waals surface area contributed by atoms with Gasteiger partial charge < -0.3 is 10.6 Å². The summed E-state index contributed by atoms with van der Waals surface area (Å²) >= 11 is 7.54. The molecule has 0 fully saturated rings. The number of hydrogen-bond donors (Lipinski definition) is 2. The minimum atomic E-state index is -0.165. The summed E-state index contributed by atoms with van der Waals surface area (Å²) in [6.45, 7) is 2.56. The number of amides is 1. The predicted molar refractivity (Wildman–Crippen MR) is 90.7 cm³/mol. The van der Waals surface area contributed by atoms with Crippen molar-refractivity contribution in [3.8, 4) is 10.6 Å². The molecule has 0 aliphatic heterocycles. The molecule has 2 aromatic rings. The second-order valence-electron chi connectivity index (χ2n) is 4.42. The molecule has 114 valence electrons. The van der Waals surface area contributed by atoms with E-state index in [0.717, 1.165) is 10.6 Å². The number of thiazole rings is 1. The fourth-order valence-electron chi connectivity index (χ4n) is 1.57. The lowest BCUT2D eigenvalue weighted by Crippen LogP contribution is -2.37. The van der Waals surface area contributed by atoms with Crippen LogP contribution in [0.25, 0.3) is 10.6 Å². The second kappa shape index (κ2) is 8.34. The summed E-state index contributed by atoms with van der Waals surface area (Å²) in [4.78, 5) is 16.3. The summed E-state index contributed by atoms with van der Waals surface area (Å²) in [5.74, 6) is -0.165. The largest absolute Gasteiger partial charge is 0.349 e. The summed E-state index contributed by atoms with van der Waals surface area (Å²) in [7, 11) is 1.86. The van der Waals surface area contributed by atoms with Crippen molar-refractivity contribution in [1.29, 1.82) is 0 Å². The highest BCUT2D eigenvalue weighted by Gasteiger charge is 2.13. The number of likely N-dealkylation sites (N-methyl/N-ethyl adjacent to an activating group) is 1. The third-order valence-electron chi connectivity index (χ3n) is 2.90. The summed E-state index contributed by atoms with van der Waals surface area (Å²) in [6, 6.07) is 7.70. The highest BCUT2D eigenvalue weighted by atomic mass is 35.5. The van der Waals surface area contributed by atoms with Crippen LogP contribution in [0.1, 0.15) is 17.4 Å². The van der Waals surface area contributed by atoms with Crippen LogP contribution in [0.5, 0.6) is 0 Å². The Balaban J connectivity index is 0.00000220. The first-order valence-corrected chi connectivity index (χ1v) is 7.53. The van der Waals surface area contributed by atoms with E-state index in [1.165, 1.54) is 11.3 Å². The van der Waals surface area contributed by atoms with Crippen LogP contribution in [0.2, 0.25) is 5.02 Å². The third kappa shape index (κ3) is 4.68. The van der Waals surface area contributed by atoms with Gasteiger partial charge >= 0.3 is 0 Å². The summed E-state index contributed by atoms with van der Waals surface area (Å²) < 4.78 is 0. The van der Waals surface area contributed by atoms with Crippen molar-refractivity contribution in [1.82, 2.24) is 15.6 Å². The molecular formula is C14H17Cl2N3OS. The number of halogens is 2. The van der Waals surface area contributed by atoms with Gasteiger partial charge in [0.15, 0.2) is 0 Å². The first kappa shape index (κ1) is 17.9. The lowest BCUT2D eigenvalue weighted by molar-refractivity contribution is 0.0946. The van der Waals surface area contributed by atoms with Crippen molar-refractivity contribution in [2.75, 3.05) is 13.6 Å². The Morgan fingerprint density at radius 2 is 2.14 bits per heavy atom. The number of nitrogens with zero attached hydrogens (tertiary/aromatic N) is 1. The Kier molecular flexibility index (Phi) is 7.11. The molecular weight excluding hydrogens is 329 g/mol. The monoisotopic (exact) mass is 345 g/mol. The smallest absolute Gasteiger partial charge is 0.270 e. The molecule has 0 bridgehead atoms. The molecule has 0 radical (unpaired) electrons. The van der Waals surface area contributed by atoms with Crippen LogP contribution in [0.4, 0.5) is 0 Å². The molecule has 0 spiro atoms. The molecule has 4 nitrogen and oxygen atoms in total. The van der Waals surface area contributed by atoms with Crippen LogP contribution < -0.4 is 10.6 Å². The predicted octanol–water partition coefficient (Wildman–Crippen LogP) is 3.22. The van der Waals surface area contributed by atoms with E-state index in [1.54, 1.807) is 5.38 Å². The van der Waals surface area contributed by atoms with Crippen molar-refractivity contribution in [2.45, 2.75) is 13.0 Å². The normalized spacial score (nSPS) is 11.6. The van der Waals surface area contributed by atoms with Crippen LogP contribution in [-0.4, -0.2) is 30.5 Å². The number of carbonyl (C=O) groups excluding carboxylic acids is 1. The molecule has 0 aliphatic rings. The molecule has 0 aliphatic carbocycles. The molecule has 1 aromatic heterocycles. The molecule has 2 N–H and O–H groups in total. The van der Waals surface area contributed by atoms with Crippen molar-refractivity contribution in [2.24, 2.45) is 0 Å². The average molecular weight is 346 g/mol. The van der Waals surface area contributed by atoms with Crippen molar-refractivity contribution >= 4 is 41.3 Å². The Bertz CT molecular complexity index is 603. The van der Waals surface area contributed by atoms with Crippen molar-refractivity contribution in [3.63, 3.8) is 0 Å². The minimum Gasteiger partial charge on any atom is -0.349 e. The van der Waals surface area contributed by atoms with Gasteiger partial charge in [-0.15, -0.1) is 23.7 Å². The van der Waals surface area contributed by atoms with E-state index in [2.05, 4.69) is 15.6 Å². The number of carbonyl (C=O) groups is 1. The zero-order valence-corrected chi connectivity index (χ0v) is 14.1. The van der Waals surface area contributed by atoms with Gasteiger partial charge in [0, 0.05) is 23.5 Å². The van der Waals surface area contributed by atoms with Gasteiger partial charge in [-0.3, -0.25) is 4.79 Å². The molecule has 21 heavy (non-hydrogen) atoms. The van der Waals surface area contributed by atoms with Crippen LogP contribution >= 0.6 is 35.3 Å². The fraction of sp³-hybridized carbons (Fsp3) is 0.286. The maximum Gasteiger partial charge on any atom is 0.270 e. The first-order chi connectivity index (χ1) is 9.61. The SMILES string of the molecule is CNC(C)CNC(=O)c1csc(-c2ccccc2Cl)n1.Cl. The minimum absolute atomic E-state index is 0. The lowest BCUT2D eigenvalue weighted by atomic mass is 10.2. The number of aromatic nitrogens is 1. The molecule has 2 rings (SSSR count). The van der Waals surface area contributed by atoms with Crippen LogP contribution in [0.15, 0.2) is 29.6 Å². The maximum atomic E-state index is 12.0. The lowest BCUT2D eigenvalue weighted by Gasteiger charge is -2.10. The third-order valence-corrected chi connectivity index (χ3v) is 4.11. The van der Waals surface area contributed by atoms with Gasteiger partial charge in [0.25, 0.3) is 5.91 Å². The first-order valence-electron chi connectivity index (χ1n) is 6.27. The summed E-state index contributed by atoms with van der Waals surface area (Å²) in [5.41, 5.74) is 1.27. The van der Waals surface area contributed by atoms with Gasteiger partial charge in [0.1, 0.15) is 10.7 Å². The van der Waals surface area contributed by atoms with Gasteiger partial charge in [-0.05, 0) is 20.0 Å². The van der Waals surface area contributed by atoms with E-state index < -0.39 is 0 Å². The van der Waals surface area contributed by atoms with Crippen LogP contribution in [0, 0.1) is 0 Å². The highest BCUT2D eigenvalue weighted by Crippen LogP contribution is 2.29. The molecule has 1 amide bonds. The van der Waals surface area contributed by atoms with E-state index in [-0.39, 0.29) is 24.4 Å². The quantitative estimate of drug-likeness (QED) is 0.874. The van der Waals surface area contributed by atoms with Gasteiger partial charge in [-0.25, -0.2) is 4.98 Å². The summed E-state index contributed by atoms with van der Waals surface area (Å²) in [6.07, 6.45) is 0. The molecule has 1 atom stereocenters. The zero-order valence-electron chi connectivity index (χ0n) is 11.7. The van der Waals surface area contributed by atoms with E-state index >= 15 is 0 Å². The average Bonchev–Trinajstić information content (AvgIpc) is 2.94. The van der Waals surface area contributed by atoms with Crippen molar-refractivity contribution in [3.05, 3.63) is 40.4 Å². The van der Waals surface area contributed by atoms with Gasteiger partial charge in [-0.2, -0.15) is 0 Å². The molecule has 7 heteroatoms. The Labute approximate surface area is 139 Å². The van der Waals surface area contributed by atoms with E-state index in [9.17, 15) is 4.79 Å². The van der Waals surface area contributed by atoms with Gasteiger partial charge in [0.2, 0.25) is 0 Å². The molecule has 1 aromatic carbocycles. The Morgan fingerprint density at radius 1 is 1.43 bits per heavy atom. The highest BCUT2D eigenvalue weighted by molar-refractivity contribution is 7.13. The van der Waals surface area contributed by atoms with Gasteiger partial charge in [-0.1, -0.05) is 29.8 Å². The maximum absolute atomic E-state index is 12.0. The van der Waals surface area contributed by atoms with Crippen molar-refractivity contribution < 1.29 is 4.79 Å². The molecule has 1 unspecified atom stereocenters. The molecule has 0 saturated carbocycles. The molecule has 0 saturated heterocycles. The van der Waals surface area contributed by atoms with Crippen LogP contribution in [-0.2, 0) is 0 Å². The Morgan fingerprint density at radius 3 is 2.81 bits per heavy atom. The topological polar surface area (TPSA) is 54.0 Å². The number of benzene rings is 1. The van der Waals surface area contributed by atoms with E-state index in [0.29, 0.717) is 17.3 Å². The van der Waals surface area contributed by atoms with Gasteiger partial charge in [0.05, 0.1) is 5.02 Å². The number of hydrogen-bond acceptors (Lipinski definition) is 4. The standard InChI is InChI=1S/C14H16ClN3OS.ClH/c1-9(16-2)7-17-13(19)12-8-20-14(18-12)10-5-3-4-6-11(10)15;/h3-6,8-9,16H,7H2,1-2H3,(H,17,19);1H. The van der Waals surface area contributed by atoms with E-state index in [1.807, 2.05) is 38.2 Å².